The van der Waals surface area contributed by atoms with Crippen molar-refractivity contribution < 1.29 is 23.1 Å². The first-order valence-corrected chi connectivity index (χ1v) is 14.6. The van der Waals surface area contributed by atoms with Crippen molar-refractivity contribution in [1.82, 2.24) is 15.6 Å². The number of halogens is 2. The first-order valence-electron chi connectivity index (χ1n) is 13.7. The van der Waals surface area contributed by atoms with Gasteiger partial charge in [-0.3, -0.25) is 15.1 Å². The number of amides is 3. The number of nitrogens with one attached hydrogen (secondary N) is 3. The van der Waals surface area contributed by atoms with E-state index in [1.54, 1.807) is 24.0 Å². The van der Waals surface area contributed by atoms with Gasteiger partial charge in [-0.05, 0) is 53.8 Å². The number of carbonyl (C=O) groups is 2. The van der Waals surface area contributed by atoms with Crippen LogP contribution in [0.25, 0.3) is 0 Å². The molecule has 7 nitrogen and oxygen atoms in total. The summed E-state index contributed by atoms with van der Waals surface area (Å²) in [4.78, 5) is 29.8. The van der Waals surface area contributed by atoms with E-state index in [0.717, 1.165) is 29.6 Å². The lowest BCUT2D eigenvalue weighted by Gasteiger charge is -2.13. The summed E-state index contributed by atoms with van der Waals surface area (Å²) in [7, 11) is 0. The second-order valence-electron chi connectivity index (χ2n) is 10.3. The fraction of sp³-hybridized carbons (Fsp3) is 0.219. The highest BCUT2D eigenvalue weighted by atomic mass is 32.2. The number of benzene rings is 3. The number of fused-ring (bicyclic) bond motifs is 1. The molecular formula is C32H28F2N4O3S. The molecule has 1 fully saturated rings. The van der Waals surface area contributed by atoms with Crippen LogP contribution in [0.1, 0.15) is 40.5 Å². The van der Waals surface area contributed by atoms with Gasteiger partial charge in [0.2, 0.25) is 5.91 Å². The second-order valence-corrected chi connectivity index (χ2v) is 11.6. The number of carbonyl (C=O) groups excluding carboxylic acids is 2. The van der Waals surface area contributed by atoms with E-state index in [4.69, 9.17) is 4.74 Å². The molecule has 42 heavy (non-hydrogen) atoms. The molecule has 1 saturated carbocycles. The first-order chi connectivity index (χ1) is 20.4. The molecule has 0 bridgehead atoms. The minimum absolute atomic E-state index is 0.00156. The Bertz CT molecular complexity index is 1610. The van der Waals surface area contributed by atoms with E-state index in [1.807, 2.05) is 0 Å². The van der Waals surface area contributed by atoms with Gasteiger partial charge in [-0.2, -0.15) is 0 Å². The standard InChI is InChI=1S/C32H28F2N4O3S/c33-22-7-3-19(4-8-22)15-30(39)38-32(40)37-24-11-12-27(25(34)16-24)41-28-13-14-35-26-17-29(42-31(26)28)21-5-1-20(2-6-21)18-36-23-9-10-23/h1-8,11-14,16,23,29,36H,9-10,15,17-18H2,(H2,37,38,39,40). The lowest BCUT2D eigenvalue weighted by Crippen LogP contribution is -2.35. The maximum absolute atomic E-state index is 15.0. The van der Waals surface area contributed by atoms with Gasteiger partial charge < -0.3 is 15.4 Å². The third-order valence-electron chi connectivity index (χ3n) is 7.05. The number of ether oxygens (including phenoxy) is 1. The number of hydrogen-bond donors (Lipinski definition) is 3. The zero-order valence-corrected chi connectivity index (χ0v) is 23.3. The summed E-state index contributed by atoms with van der Waals surface area (Å²) in [5, 5.41) is 8.33. The molecule has 2 aliphatic rings. The molecule has 0 radical (unpaired) electrons. The quantitative estimate of drug-likeness (QED) is 0.203. The van der Waals surface area contributed by atoms with Crippen LogP contribution in [-0.4, -0.2) is 23.0 Å². The van der Waals surface area contributed by atoms with Crippen LogP contribution < -0.4 is 20.7 Å². The highest BCUT2D eigenvalue weighted by Crippen LogP contribution is 2.50. The Morgan fingerprint density at radius 2 is 1.69 bits per heavy atom. The average molecular weight is 587 g/mol. The molecule has 1 atom stereocenters. The Labute approximate surface area is 246 Å². The van der Waals surface area contributed by atoms with Crippen LogP contribution in [-0.2, 0) is 24.2 Å². The number of nitrogens with zero attached hydrogens (tertiary/aromatic N) is 1. The van der Waals surface area contributed by atoms with E-state index in [0.29, 0.717) is 17.4 Å². The van der Waals surface area contributed by atoms with E-state index in [-0.39, 0.29) is 23.1 Å². The largest absolute Gasteiger partial charge is 0.453 e. The maximum Gasteiger partial charge on any atom is 0.325 e. The molecule has 4 aromatic rings. The lowest BCUT2D eigenvalue weighted by atomic mass is 10.1. The molecule has 214 valence electrons. The predicted molar refractivity (Wildman–Crippen MR) is 157 cm³/mol. The molecule has 1 unspecified atom stereocenters. The van der Waals surface area contributed by atoms with E-state index in [2.05, 4.69) is 45.2 Å². The fourth-order valence-corrected chi connectivity index (χ4v) is 5.99. The van der Waals surface area contributed by atoms with E-state index in [1.165, 1.54) is 60.4 Å². The molecule has 3 aromatic carbocycles. The summed E-state index contributed by atoms with van der Waals surface area (Å²) >= 11 is 1.65. The minimum atomic E-state index is -0.809. The van der Waals surface area contributed by atoms with Crippen molar-refractivity contribution in [2.75, 3.05) is 5.32 Å². The fourth-order valence-electron chi connectivity index (χ4n) is 4.67. The normalized spacial score (nSPS) is 15.6. The zero-order chi connectivity index (χ0) is 29.1. The number of thioether (sulfide) groups is 1. The Morgan fingerprint density at radius 3 is 2.43 bits per heavy atom. The summed E-state index contributed by atoms with van der Waals surface area (Å²) in [5.74, 6) is -1.16. The monoisotopic (exact) mass is 586 g/mol. The molecule has 10 heteroatoms. The summed E-state index contributed by atoms with van der Waals surface area (Å²) in [5.41, 5.74) is 4.07. The van der Waals surface area contributed by atoms with Gasteiger partial charge in [-0.25, -0.2) is 13.6 Å². The SMILES string of the molecule is O=C(Cc1ccc(F)cc1)NC(=O)Nc1ccc(Oc2ccnc3c2SC(c2ccc(CNC4CC4)cc2)C3)c(F)c1. The summed E-state index contributed by atoms with van der Waals surface area (Å²) in [6, 6.07) is 19.6. The molecule has 2 heterocycles. The van der Waals surface area contributed by atoms with E-state index < -0.39 is 23.6 Å². The van der Waals surface area contributed by atoms with E-state index >= 15 is 0 Å². The molecule has 3 amide bonds. The van der Waals surface area contributed by atoms with Crippen LogP contribution >= 0.6 is 11.8 Å². The van der Waals surface area contributed by atoms with Crippen molar-refractivity contribution in [3.05, 3.63) is 113 Å². The van der Waals surface area contributed by atoms with Crippen LogP contribution in [0.4, 0.5) is 19.3 Å². The molecule has 0 spiro atoms. The highest BCUT2D eigenvalue weighted by Gasteiger charge is 2.28. The van der Waals surface area contributed by atoms with Crippen LogP contribution in [0.15, 0.2) is 83.9 Å². The summed E-state index contributed by atoms with van der Waals surface area (Å²) < 4.78 is 34.0. The lowest BCUT2D eigenvalue weighted by molar-refractivity contribution is -0.119. The number of aromatic nitrogens is 1. The van der Waals surface area contributed by atoms with Crippen molar-refractivity contribution in [3.8, 4) is 11.5 Å². The molecule has 6 rings (SSSR count). The molecular weight excluding hydrogens is 558 g/mol. The van der Waals surface area contributed by atoms with Crippen LogP contribution in [0.5, 0.6) is 11.5 Å². The van der Waals surface area contributed by atoms with Gasteiger partial charge >= 0.3 is 6.03 Å². The highest BCUT2D eigenvalue weighted by molar-refractivity contribution is 8.00. The van der Waals surface area contributed by atoms with E-state index in [9.17, 15) is 18.4 Å². The van der Waals surface area contributed by atoms with Crippen molar-refractivity contribution >= 4 is 29.4 Å². The van der Waals surface area contributed by atoms with Gasteiger partial charge in [0.1, 0.15) is 11.6 Å². The van der Waals surface area contributed by atoms with Crippen molar-refractivity contribution in [2.24, 2.45) is 0 Å². The minimum Gasteiger partial charge on any atom is -0.453 e. The molecule has 1 aliphatic heterocycles. The second kappa shape index (κ2) is 12.3. The third-order valence-corrected chi connectivity index (χ3v) is 8.44. The van der Waals surface area contributed by atoms with Crippen LogP contribution in [0.2, 0.25) is 0 Å². The Hall–Kier alpha value is -4.28. The number of urea groups is 1. The Kier molecular flexibility index (Phi) is 8.16. The number of anilines is 1. The number of pyridine rings is 1. The van der Waals surface area contributed by atoms with Gasteiger partial charge in [-0.1, -0.05) is 36.4 Å². The van der Waals surface area contributed by atoms with Gasteiger partial charge in [-0.15, -0.1) is 11.8 Å². The Balaban J connectivity index is 1.05. The maximum atomic E-state index is 15.0. The van der Waals surface area contributed by atoms with Gasteiger partial charge in [0.05, 0.1) is 17.0 Å². The van der Waals surface area contributed by atoms with Crippen LogP contribution in [0, 0.1) is 11.6 Å². The van der Waals surface area contributed by atoms with Gasteiger partial charge in [0, 0.05) is 48.3 Å². The number of rotatable bonds is 9. The third kappa shape index (κ3) is 6.95. The smallest absolute Gasteiger partial charge is 0.325 e. The molecule has 3 N–H and O–H groups in total. The number of hydrogen-bond acceptors (Lipinski definition) is 6. The summed E-state index contributed by atoms with van der Waals surface area (Å²) in [6.45, 7) is 0.878. The topological polar surface area (TPSA) is 92.4 Å². The van der Waals surface area contributed by atoms with Crippen LogP contribution in [0.3, 0.4) is 0 Å². The average Bonchev–Trinajstić information content (AvgIpc) is 3.70. The number of imide groups is 1. The first kappa shape index (κ1) is 27.9. The molecule has 1 aliphatic carbocycles. The van der Waals surface area contributed by atoms with Gasteiger partial charge in [0.15, 0.2) is 11.6 Å². The van der Waals surface area contributed by atoms with Gasteiger partial charge in [0.25, 0.3) is 0 Å². The summed E-state index contributed by atoms with van der Waals surface area (Å²) in [6.07, 6.45) is 4.82. The van der Waals surface area contributed by atoms with Crippen molar-refractivity contribution in [1.29, 1.82) is 0 Å². The molecule has 0 saturated heterocycles. The van der Waals surface area contributed by atoms with Crippen molar-refractivity contribution in [3.63, 3.8) is 0 Å². The zero-order valence-electron chi connectivity index (χ0n) is 22.5. The molecule has 1 aromatic heterocycles. The Morgan fingerprint density at radius 1 is 0.929 bits per heavy atom. The predicted octanol–water partition coefficient (Wildman–Crippen LogP) is 6.68. The van der Waals surface area contributed by atoms with Crippen molar-refractivity contribution in [2.45, 2.75) is 48.4 Å².